The highest BCUT2D eigenvalue weighted by Crippen LogP contribution is 2.24. The molecule has 0 spiro atoms. The maximum atomic E-state index is 11.8. The zero-order valence-electron chi connectivity index (χ0n) is 17.1. The van der Waals surface area contributed by atoms with Crippen molar-refractivity contribution < 1.29 is 14.3 Å². The van der Waals surface area contributed by atoms with Crippen LogP contribution in [0.15, 0.2) is 42.5 Å². The van der Waals surface area contributed by atoms with Gasteiger partial charge in [0.25, 0.3) is 0 Å². The van der Waals surface area contributed by atoms with E-state index in [1.54, 1.807) is 25.1 Å². The van der Waals surface area contributed by atoms with E-state index in [-0.39, 0.29) is 11.9 Å². The third kappa shape index (κ3) is 4.30. The van der Waals surface area contributed by atoms with Gasteiger partial charge in [-0.25, -0.2) is 4.98 Å². The molecule has 0 bridgehead atoms. The van der Waals surface area contributed by atoms with E-state index in [2.05, 4.69) is 9.97 Å². The van der Waals surface area contributed by atoms with E-state index in [0.717, 1.165) is 48.5 Å². The van der Waals surface area contributed by atoms with Crippen molar-refractivity contribution in [1.82, 2.24) is 14.9 Å². The Morgan fingerprint density at radius 3 is 2.73 bits per heavy atom. The normalized spacial score (nSPS) is 16.6. The van der Waals surface area contributed by atoms with Gasteiger partial charge in [-0.05, 0) is 61.7 Å². The van der Waals surface area contributed by atoms with Gasteiger partial charge in [0, 0.05) is 37.1 Å². The van der Waals surface area contributed by atoms with Crippen LogP contribution in [0.1, 0.15) is 43.0 Å². The average molecular weight is 406 g/mol. The number of ether oxygens (including phenoxy) is 1. The molecule has 7 heteroatoms. The number of carbonyl (C=O) groups is 2. The highest BCUT2D eigenvalue weighted by atomic mass is 16.5. The second-order valence-corrected chi connectivity index (χ2v) is 7.71. The fraction of sp³-hybridized carbons (Fsp3) is 0.348. The molecule has 1 saturated heterocycles. The van der Waals surface area contributed by atoms with Gasteiger partial charge in [-0.15, -0.1) is 0 Å². The molecule has 1 fully saturated rings. The fourth-order valence-electron chi connectivity index (χ4n) is 4.03. The Morgan fingerprint density at radius 2 is 2.00 bits per heavy atom. The number of H-pyrrole nitrogens is 1. The smallest absolute Gasteiger partial charge is 0.248 e. The predicted molar refractivity (Wildman–Crippen MR) is 115 cm³/mol. The van der Waals surface area contributed by atoms with Crippen molar-refractivity contribution in [1.29, 1.82) is 0 Å². The van der Waals surface area contributed by atoms with Gasteiger partial charge in [0.05, 0.1) is 17.6 Å². The fourth-order valence-corrected chi connectivity index (χ4v) is 4.03. The summed E-state index contributed by atoms with van der Waals surface area (Å²) in [5, 5.41) is 0. The first-order chi connectivity index (χ1) is 14.5. The first-order valence-corrected chi connectivity index (χ1v) is 10.3. The largest absolute Gasteiger partial charge is 0.494 e. The maximum absolute atomic E-state index is 11.8. The topological polar surface area (TPSA) is 101 Å². The van der Waals surface area contributed by atoms with Gasteiger partial charge in [0.2, 0.25) is 11.8 Å². The minimum atomic E-state index is -0.470. The van der Waals surface area contributed by atoms with E-state index in [1.165, 1.54) is 6.42 Å². The van der Waals surface area contributed by atoms with Crippen molar-refractivity contribution in [2.24, 2.45) is 5.73 Å². The highest BCUT2D eigenvalue weighted by molar-refractivity contribution is 5.96. The second kappa shape index (κ2) is 8.57. The Bertz CT molecular complexity index is 1060. The molecule has 1 atom stereocenters. The van der Waals surface area contributed by atoms with Gasteiger partial charge in [-0.2, -0.15) is 0 Å². The van der Waals surface area contributed by atoms with Gasteiger partial charge in [0.15, 0.2) is 0 Å². The van der Waals surface area contributed by atoms with E-state index in [1.807, 2.05) is 29.2 Å². The minimum absolute atomic E-state index is 0.151. The summed E-state index contributed by atoms with van der Waals surface area (Å²) in [5.41, 5.74) is 8.24. The van der Waals surface area contributed by atoms with Crippen LogP contribution in [0.2, 0.25) is 0 Å². The molecule has 0 aliphatic carbocycles. The number of carbonyl (C=O) groups excluding carboxylic acids is 2. The van der Waals surface area contributed by atoms with Crippen LogP contribution >= 0.6 is 0 Å². The van der Waals surface area contributed by atoms with Crippen molar-refractivity contribution in [3.8, 4) is 17.1 Å². The lowest BCUT2D eigenvalue weighted by Crippen LogP contribution is -2.43. The Morgan fingerprint density at radius 1 is 1.20 bits per heavy atom. The summed E-state index contributed by atoms with van der Waals surface area (Å²) in [7, 11) is 0. The van der Waals surface area contributed by atoms with Crippen LogP contribution in [0.3, 0.4) is 0 Å². The number of nitrogens with one attached hydrogen (secondary N) is 1. The van der Waals surface area contributed by atoms with Gasteiger partial charge in [-0.3, -0.25) is 9.59 Å². The van der Waals surface area contributed by atoms with E-state index in [9.17, 15) is 9.59 Å². The summed E-state index contributed by atoms with van der Waals surface area (Å²) >= 11 is 0. The molecule has 1 aliphatic heterocycles. The SMILES string of the molecule is CC(=O)N1CCCCC1CCOc1ccc(-c2nc3cc(C(N)=O)ccc3[nH]2)cc1. The molecule has 156 valence electrons. The Labute approximate surface area is 175 Å². The number of aromatic amines is 1. The summed E-state index contributed by atoms with van der Waals surface area (Å²) in [6.45, 7) is 3.08. The second-order valence-electron chi connectivity index (χ2n) is 7.71. The number of fused-ring (bicyclic) bond motifs is 1. The number of rotatable bonds is 6. The molecule has 1 unspecified atom stereocenters. The van der Waals surface area contributed by atoms with Crippen molar-refractivity contribution in [2.75, 3.05) is 13.2 Å². The number of nitrogens with zero attached hydrogens (tertiary/aromatic N) is 2. The van der Waals surface area contributed by atoms with E-state index in [4.69, 9.17) is 10.5 Å². The lowest BCUT2D eigenvalue weighted by atomic mass is 10.00. The zero-order chi connectivity index (χ0) is 21.1. The lowest BCUT2D eigenvalue weighted by molar-refractivity contribution is -0.132. The standard InChI is InChI=1S/C23H26N4O3/c1-15(28)27-12-3-2-4-18(27)11-13-30-19-8-5-16(6-9-19)23-25-20-10-7-17(22(24)29)14-21(20)26-23/h5-10,14,18H,2-4,11-13H2,1H3,(H2,24,29)(H,25,26). The number of imidazole rings is 1. The molecule has 1 aliphatic rings. The quantitative estimate of drug-likeness (QED) is 0.654. The molecule has 30 heavy (non-hydrogen) atoms. The molecule has 2 heterocycles. The van der Waals surface area contributed by atoms with Gasteiger partial charge in [0.1, 0.15) is 11.6 Å². The summed E-state index contributed by atoms with van der Waals surface area (Å²) in [5.74, 6) is 1.19. The zero-order valence-corrected chi connectivity index (χ0v) is 17.1. The Balaban J connectivity index is 1.39. The van der Waals surface area contributed by atoms with Gasteiger partial charge in [-0.1, -0.05) is 0 Å². The van der Waals surface area contributed by atoms with Crippen LogP contribution in [-0.4, -0.2) is 45.9 Å². The summed E-state index contributed by atoms with van der Waals surface area (Å²) in [6.07, 6.45) is 4.14. The predicted octanol–water partition coefficient (Wildman–Crippen LogP) is 3.50. The van der Waals surface area contributed by atoms with Crippen LogP contribution in [0, 0.1) is 0 Å². The lowest BCUT2D eigenvalue weighted by Gasteiger charge is -2.35. The minimum Gasteiger partial charge on any atom is -0.494 e. The molecule has 2 aromatic carbocycles. The number of aromatic nitrogens is 2. The first-order valence-electron chi connectivity index (χ1n) is 10.3. The van der Waals surface area contributed by atoms with Gasteiger partial charge >= 0.3 is 0 Å². The van der Waals surface area contributed by atoms with Crippen LogP contribution < -0.4 is 10.5 Å². The molecular weight excluding hydrogens is 380 g/mol. The number of amides is 2. The number of likely N-dealkylation sites (tertiary alicyclic amines) is 1. The number of piperidine rings is 1. The molecule has 0 radical (unpaired) electrons. The molecule has 3 N–H and O–H groups in total. The van der Waals surface area contributed by atoms with Crippen LogP contribution in [0.5, 0.6) is 5.75 Å². The Hall–Kier alpha value is -3.35. The van der Waals surface area contributed by atoms with Crippen molar-refractivity contribution in [2.45, 2.75) is 38.6 Å². The number of primary amides is 1. The molecule has 3 aromatic rings. The average Bonchev–Trinajstić information content (AvgIpc) is 3.18. The van der Waals surface area contributed by atoms with Crippen molar-refractivity contribution in [3.05, 3.63) is 48.0 Å². The summed E-state index contributed by atoms with van der Waals surface area (Å²) in [6, 6.07) is 13.2. The maximum Gasteiger partial charge on any atom is 0.248 e. The number of hydrogen-bond acceptors (Lipinski definition) is 4. The van der Waals surface area contributed by atoms with Gasteiger partial charge < -0.3 is 20.4 Å². The number of nitrogens with two attached hydrogens (primary N) is 1. The van der Waals surface area contributed by atoms with E-state index < -0.39 is 5.91 Å². The van der Waals surface area contributed by atoms with Crippen LogP contribution in [-0.2, 0) is 4.79 Å². The molecule has 2 amide bonds. The molecule has 7 nitrogen and oxygen atoms in total. The van der Waals surface area contributed by atoms with Crippen LogP contribution in [0.4, 0.5) is 0 Å². The highest BCUT2D eigenvalue weighted by Gasteiger charge is 2.24. The summed E-state index contributed by atoms with van der Waals surface area (Å²) in [4.78, 5) is 32.9. The monoisotopic (exact) mass is 406 g/mol. The van der Waals surface area contributed by atoms with E-state index >= 15 is 0 Å². The van der Waals surface area contributed by atoms with Crippen molar-refractivity contribution >= 4 is 22.8 Å². The molecule has 1 aromatic heterocycles. The van der Waals surface area contributed by atoms with Crippen LogP contribution in [0.25, 0.3) is 22.4 Å². The Kier molecular flexibility index (Phi) is 5.70. The number of benzene rings is 2. The first kappa shape index (κ1) is 19.9. The number of hydrogen-bond donors (Lipinski definition) is 2. The molecule has 0 saturated carbocycles. The van der Waals surface area contributed by atoms with Crippen molar-refractivity contribution in [3.63, 3.8) is 0 Å². The molecule has 4 rings (SSSR count). The third-order valence-electron chi connectivity index (χ3n) is 5.65. The third-order valence-corrected chi connectivity index (χ3v) is 5.65. The molecular formula is C23H26N4O3. The van der Waals surface area contributed by atoms with E-state index in [0.29, 0.717) is 17.7 Å². The summed E-state index contributed by atoms with van der Waals surface area (Å²) < 4.78 is 5.91.